The van der Waals surface area contributed by atoms with Crippen molar-refractivity contribution >= 4 is 21.4 Å². The topological polar surface area (TPSA) is 12.0 Å². The Kier molecular flexibility index (Phi) is 4.37. The van der Waals surface area contributed by atoms with Crippen LogP contribution in [-0.4, -0.2) is 6.54 Å². The molecule has 2 aromatic rings. The second kappa shape index (κ2) is 6.10. The highest BCUT2D eigenvalue weighted by Gasteiger charge is 2.38. The molecule has 1 aromatic heterocycles. The van der Waals surface area contributed by atoms with E-state index in [1.54, 1.807) is 0 Å². The normalized spacial score (nSPS) is 23.3. The summed E-state index contributed by atoms with van der Waals surface area (Å²) in [5, 5.41) is 7.65. The summed E-state index contributed by atoms with van der Waals surface area (Å²) in [6.45, 7) is 8.21. The molecule has 0 saturated heterocycles. The number of hydrogen-bond donors (Lipinski definition) is 1. The second-order valence-corrected chi connectivity index (χ2v) is 7.97. The van der Waals surface area contributed by atoms with Crippen LogP contribution in [0.3, 0.4) is 0 Å². The van der Waals surface area contributed by atoms with Gasteiger partial charge in [-0.1, -0.05) is 51.8 Å². The first-order valence-corrected chi connectivity index (χ1v) is 9.21. The molecule has 1 heterocycles. The lowest BCUT2D eigenvalue weighted by Crippen LogP contribution is -2.39. The zero-order valence-electron chi connectivity index (χ0n) is 13.5. The predicted octanol–water partition coefficient (Wildman–Crippen LogP) is 5.77. The summed E-state index contributed by atoms with van der Waals surface area (Å²) in [5.41, 5.74) is 1.96. The molecule has 1 saturated carbocycles. The molecule has 0 amide bonds. The average molecular weight is 301 g/mol. The Balaban J connectivity index is 2.01. The van der Waals surface area contributed by atoms with Crippen molar-refractivity contribution in [2.75, 3.05) is 6.54 Å². The molecule has 1 aliphatic rings. The fourth-order valence-electron chi connectivity index (χ4n) is 4.07. The Bertz CT molecular complexity index is 598. The van der Waals surface area contributed by atoms with Gasteiger partial charge in [0.1, 0.15) is 0 Å². The van der Waals surface area contributed by atoms with Crippen LogP contribution < -0.4 is 5.32 Å². The molecule has 21 heavy (non-hydrogen) atoms. The fourth-order valence-corrected chi connectivity index (χ4v) is 5.06. The summed E-state index contributed by atoms with van der Waals surface area (Å²) in [4.78, 5) is 0. The van der Waals surface area contributed by atoms with Crippen LogP contribution in [0.1, 0.15) is 58.1 Å². The van der Waals surface area contributed by atoms with E-state index in [0.717, 1.165) is 12.5 Å². The molecule has 1 fully saturated rings. The van der Waals surface area contributed by atoms with E-state index in [4.69, 9.17) is 0 Å². The highest BCUT2D eigenvalue weighted by Crippen LogP contribution is 2.48. The summed E-state index contributed by atoms with van der Waals surface area (Å²) in [6.07, 6.45) is 5.50. The third-order valence-electron chi connectivity index (χ3n) is 5.26. The largest absolute Gasteiger partial charge is 0.310 e. The van der Waals surface area contributed by atoms with E-state index in [9.17, 15) is 0 Å². The standard InChI is InChI=1S/C19H27NS/c1-4-20-18(16-10-7-8-12-19(16,2)3)15-13-21-17-11-6-5-9-14(15)17/h5-6,9,11,13,16,18,20H,4,7-8,10,12H2,1-3H3. The van der Waals surface area contributed by atoms with Gasteiger partial charge in [-0.15, -0.1) is 11.3 Å². The van der Waals surface area contributed by atoms with Gasteiger partial charge < -0.3 is 5.32 Å². The van der Waals surface area contributed by atoms with E-state index >= 15 is 0 Å². The third-order valence-corrected chi connectivity index (χ3v) is 6.24. The zero-order chi connectivity index (χ0) is 14.9. The Labute approximate surface area is 132 Å². The molecule has 0 spiro atoms. The maximum absolute atomic E-state index is 3.81. The molecule has 2 unspecified atom stereocenters. The number of benzene rings is 1. The van der Waals surface area contributed by atoms with Crippen molar-refractivity contribution < 1.29 is 0 Å². The van der Waals surface area contributed by atoms with Crippen molar-refractivity contribution in [3.05, 3.63) is 35.2 Å². The minimum absolute atomic E-state index is 0.439. The molecule has 3 rings (SSSR count). The van der Waals surface area contributed by atoms with Crippen molar-refractivity contribution in [1.29, 1.82) is 0 Å². The van der Waals surface area contributed by atoms with E-state index in [0.29, 0.717) is 11.5 Å². The van der Waals surface area contributed by atoms with Gasteiger partial charge in [0, 0.05) is 10.7 Å². The van der Waals surface area contributed by atoms with Crippen molar-refractivity contribution in [3.8, 4) is 0 Å². The summed E-state index contributed by atoms with van der Waals surface area (Å²) in [5.74, 6) is 0.740. The minimum Gasteiger partial charge on any atom is -0.310 e. The van der Waals surface area contributed by atoms with E-state index < -0.39 is 0 Å². The SMILES string of the molecule is CCNC(c1csc2ccccc12)C1CCCCC1(C)C. The van der Waals surface area contributed by atoms with Crippen LogP contribution in [0.15, 0.2) is 29.6 Å². The number of rotatable bonds is 4. The number of thiophene rings is 1. The first kappa shape index (κ1) is 15.1. The van der Waals surface area contributed by atoms with Gasteiger partial charge in [-0.05, 0) is 53.1 Å². The lowest BCUT2D eigenvalue weighted by molar-refractivity contribution is 0.0995. The quantitative estimate of drug-likeness (QED) is 0.756. The van der Waals surface area contributed by atoms with Crippen LogP contribution in [0.5, 0.6) is 0 Å². The summed E-state index contributed by atoms with van der Waals surface area (Å²) in [6, 6.07) is 9.37. The van der Waals surface area contributed by atoms with Crippen LogP contribution >= 0.6 is 11.3 Å². The Morgan fingerprint density at radius 3 is 2.86 bits per heavy atom. The lowest BCUT2D eigenvalue weighted by Gasteiger charge is -2.43. The van der Waals surface area contributed by atoms with Gasteiger partial charge in [0.05, 0.1) is 0 Å². The maximum Gasteiger partial charge on any atom is 0.0368 e. The number of nitrogens with one attached hydrogen (secondary N) is 1. The Morgan fingerprint density at radius 2 is 2.10 bits per heavy atom. The number of fused-ring (bicyclic) bond motifs is 1. The first-order valence-electron chi connectivity index (χ1n) is 8.33. The van der Waals surface area contributed by atoms with Gasteiger partial charge in [0.15, 0.2) is 0 Å². The third kappa shape index (κ3) is 2.89. The predicted molar refractivity (Wildman–Crippen MR) is 94.0 cm³/mol. The highest BCUT2D eigenvalue weighted by molar-refractivity contribution is 7.17. The number of hydrogen-bond acceptors (Lipinski definition) is 2. The maximum atomic E-state index is 3.81. The average Bonchev–Trinajstić information content (AvgIpc) is 2.89. The molecule has 0 radical (unpaired) electrons. The Morgan fingerprint density at radius 1 is 1.29 bits per heavy atom. The highest BCUT2D eigenvalue weighted by atomic mass is 32.1. The second-order valence-electron chi connectivity index (χ2n) is 7.06. The van der Waals surface area contributed by atoms with E-state index in [-0.39, 0.29) is 0 Å². The molecule has 0 aliphatic heterocycles. The molecule has 1 aromatic carbocycles. The molecule has 2 atom stereocenters. The van der Waals surface area contributed by atoms with E-state index in [2.05, 4.69) is 55.7 Å². The van der Waals surface area contributed by atoms with Crippen molar-refractivity contribution in [3.63, 3.8) is 0 Å². The van der Waals surface area contributed by atoms with Gasteiger partial charge in [-0.25, -0.2) is 0 Å². The van der Waals surface area contributed by atoms with Crippen molar-refractivity contribution in [1.82, 2.24) is 5.32 Å². The molecule has 114 valence electrons. The van der Waals surface area contributed by atoms with Crippen LogP contribution in [0.2, 0.25) is 0 Å². The molecule has 1 aliphatic carbocycles. The molecule has 1 nitrogen and oxygen atoms in total. The van der Waals surface area contributed by atoms with Crippen molar-refractivity contribution in [2.24, 2.45) is 11.3 Å². The molecular weight excluding hydrogens is 274 g/mol. The molecule has 2 heteroatoms. The van der Waals surface area contributed by atoms with E-state index in [1.807, 2.05) is 11.3 Å². The van der Waals surface area contributed by atoms with Gasteiger partial charge in [-0.3, -0.25) is 0 Å². The minimum atomic E-state index is 0.439. The van der Waals surface area contributed by atoms with Gasteiger partial charge in [0.2, 0.25) is 0 Å². The summed E-state index contributed by atoms with van der Waals surface area (Å²) in [7, 11) is 0. The van der Waals surface area contributed by atoms with Crippen LogP contribution in [0, 0.1) is 11.3 Å². The zero-order valence-corrected chi connectivity index (χ0v) is 14.3. The van der Waals surface area contributed by atoms with E-state index in [1.165, 1.54) is 41.3 Å². The van der Waals surface area contributed by atoms with Gasteiger partial charge >= 0.3 is 0 Å². The molecule has 1 N–H and O–H groups in total. The van der Waals surface area contributed by atoms with Crippen molar-refractivity contribution in [2.45, 2.75) is 52.5 Å². The van der Waals surface area contributed by atoms with Gasteiger partial charge in [-0.2, -0.15) is 0 Å². The molecule has 0 bridgehead atoms. The van der Waals surface area contributed by atoms with Crippen LogP contribution in [-0.2, 0) is 0 Å². The first-order chi connectivity index (χ1) is 10.1. The van der Waals surface area contributed by atoms with Crippen LogP contribution in [0.4, 0.5) is 0 Å². The monoisotopic (exact) mass is 301 g/mol. The Hall–Kier alpha value is -0.860. The van der Waals surface area contributed by atoms with Gasteiger partial charge in [0.25, 0.3) is 0 Å². The smallest absolute Gasteiger partial charge is 0.0368 e. The summed E-state index contributed by atoms with van der Waals surface area (Å²) < 4.78 is 1.42. The summed E-state index contributed by atoms with van der Waals surface area (Å²) >= 11 is 1.89. The fraction of sp³-hybridized carbons (Fsp3) is 0.579. The van der Waals surface area contributed by atoms with Crippen LogP contribution in [0.25, 0.3) is 10.1 Å². The lowest BCUT2D eigenvalue weighted by atomic mass is 9.65. The molecular formula is C19H27NS.